The fourth-order valence-corrected chi connectivity index (χ4v) is 6.66. The number of fused-ring (bicyclic) bond motifs is 3. The Hall–Kier alpha value is -6.65. The molecule has 0 fully saturated rings. The van der Waals surface area contributed by atoms with Gasteiger partial charge in [-0.25, -0.2) is 15.0 Å². The van der Waals surface area contributed by atoms with E-state index in [1.165, 1.54) is 27.2 Å². The molecular weight excluding hydrogens is 597 g/mol. The minimum Gasteiger partial charge on any atom is -0.315 e. The van der Waals surface area contributed by atoms with E-state index in [-0.39, 0.29) is 0 Å². The van der Waals surface area contributed by atoms with Crippen molar-refractivity contribution in [1.29, 1.82) is 0 Å². The quantitative estimate of drug-likeness (QED) is 0.184. The van der Waals surface area contributed by atoms with Crippen molar-refractivity contribution in [2.45, 2.75) is 0 Å². The monoisotopic (exact) mass is 626 g/mol. The van der Waals surface area contributed by atoms with Gasteiger partial charge in [0, 0.05) is 44.9 Å². The van der Waals surface area contributed by atoms with E-state index < -0.39 is 0 Å². The third-order valence-electron chi connectivity index (χ3n) is 9.05. The predicted molar refractivity (Wildman–Crippen MR) is 201 cm³/mol. The molecule has 230 valence electrons. The Labute approximate surface area is 284 Å². The van der Waals surface area contributed by atoms with Gasteiger partial charge < -0.3 is 4.57 Å². The van der Waals surface area contributed by atoms with Crippen LogP contribution in [0.4, 0.5) is 0 Å². The van der Waals surface area contributed by atoms with Crippen LogP contribution in [0.5, 0.6) is 0 Å². The summed E-state index contributed by atoms with van der Waals surface area (Å²) in [6.07, 6.45) is 2.28. The number of hydrogen-bond acceptors (Lipinski definition) is 3. The maximum atomic E-state index is 4.96. The molecular formula is C45H30N4. The first-order chi connectivity index (χ1) is 24.3. The molecule has 0 amide bonds. The molecule has 2 aromatic heterocycles. The lowest BCUT2D eigenvalue weighted by Gasteiger charge is -2.10. The first-order valence-electron chi connectivity index (χ1n) is 16.4. The molecule has 0 spiro atoms. The summed E-state index contributed by atoms with van der Waals surface area (Å²) in [6.45, 7) is 0. The van der Waals surface area contributed by atoms with E-state index in [1.807, 2.05) is 60.7 Å². The first kappa shape index (κ1) is 28.6. The Kier molecular flexibility index (Phi) is 7.10. The van der Waals surface area contributed by atoms with Gasteiger partial charge >= 0.3 is 0 Å². The lowest BCUT2D eigenvalue weighted by atomic mass is 9.97. The Morgan fingerprint density at radius 2 is 0.837 bits per heavy atom. The molecule has 4 heteroatoms. The summed E-state index contributed by atoms with van der Waals surface area (Å²) in [7, 11) is 0. The van der Waals surface area contributed by atoms with E-state index in [1.54, 1.807) is 0 Å². The van der Waals surface area contributed by atoms with Gasteiger partial charge in [0.1, 0.15) is 0 Å². The van der Waals surface area contributed by atoms with Crippen LogP contribution in [0.1, 0.15) is 0 Å². The average molecular weight is 627 g/mol. The molecule has 49 heavy (non-hydrogen) atoms. The minimum atomic E-state index is 0.642. The molecule has 2 heterocycles. The molecule has 0 aliphatic heterocycles. The number of aromatic nitrogens is 4. The molecule has 4 nitrogen and oxygen atoms in total. The van der Waals surface area contributed by atoms with Gasteiger partial charge in [-0.3, -0.25) is 0 Å². The summed E-state index contributed by atoms with van der Waals surface area (Å²) in [4.78, 5) is 14.8. The van der Waals surface area contributed by atoms with Crippen LogP contribution >= 0.6 is 0 Å². The fourth-order valence-electron chi connectivity index (χ4n) is 6.66. The Morgan fingerprint density at radius 1 is 0.347 bits per heavy atom. The van der Waals surface area contributed by atoms with E-state index in [4.69, 9.17) is 15.0 Å². The Balaban J connectivity index is 1.16. The van der Waals surface area contributed by atoms with Crippen molar-refractivity contribution in [3.63, 3.8) is 0 Å². The second-order valence-corrected chi connectivity index (χ2v) is 12.1. The van der Waals surface area contributed by atoms with Crippen LogP contribution in [0.15, 0.2) is 182 Å². The molecule has 7 aromatic carbocycles. The summed E-state index contributed by atoms with van der Waals surface area (Å²) in [5, 5.41) is 3.69. The van der Waals surface area contributed by atoms with Gasteiger partial charge in [0.2, 0.25) is 0 Å². The molecule has 0 unspecified atom stereocenters. The van der Waals surface area contributed by atoms with Crippen molar-refractivity contribution in [3.8, 4) is 62.1 Å². The van der Waals surface area contributed by atoms with E-state index >= 15 is 0 Å². The van der Waals surface area contributed by atoms with Gasteiger partial charge in [-0.2, -0.15) is 0 Å². The molecule has 0 N–H and O–H groups in total. The smallest absolute Gasteiger partial charge is 0.164 e. The zero-order valence-corrected chi connectivity index (χ0v) is 26.6. The lowest BCUT2D eigenvalue weighted by molar-refractivity contribution is 1.07. The standard InChI is InChI=1S/C45H30N4/c1-4-15-32(16-5-1)43-46-44(33-17-6-2-7-18-33)48-45(47-43)37-22-13-20-35(29-37)34-19-12-21-36(28-34)41-30-49(38-23-8-3-9-24-38)42-39-25-11-10-14-31(39)26-27-40(41)42/h1-30H. The highest BCUT2D eigenvalue weighted by Gasteiger charge is 2.16. The van der Waals surface area contributed by atoms with E-state index in [9.17, 15) is 0 Å². The van der Waals surface area contributed by atoms with Crippen molar-refractivity contribution in [2.24, 2.45) is 0 Å². The molecule has 0 bridgehead atoms. The molecule has 0 aliphatic carbocycles. The maximum absolute atomic E-state index is 4.96. The molecule has 9 rings (SSSR count). The van der Waals surface area contributed by atoms with E-state index in [2.05, 4.69) is 126 Å². The minimum absolute atomic E-state index is 0.642. The first-order valence-corrected chi connectivity index (χ1v) is 16.4. The van der Waals surface area contributed by atoms with Crippen LogP contribution in [0.3, 0.4) is 0 Å². The third-order valence-corrected chi connectivity index (χ3v) is 9.05. The van der Waals surface area contributed by atoms with E-state index in [0.717, 1.165) is 39.1 Å². The van der Waals surface area contributed by atoms with Gasteiger partial charge in [-0.05, 0) is 46.3 Å². The highest BCUT2D eigenvalue weighted by atomic mass is 15.0. The molecule has 0 aliphatic rings. The van der Waals surface area contributed by atoms with Crippen LogP contribution in [0, 0.1) is 0 Å². The lowest BCUT2D eigenvalue weighted by Crippen LogP contribution is -2.00. The predicted octanol–water partition coefficient (Wildman–Crippen LogP) is 11.3. The molecule has 9 aromatic rings. The largest absolute Gasteiger partial charge is 0.315 e. The average Bonchev–Trinajstić information content (AvgIpc) is 3.59. The van der Waals surface area contributed by atoms with E-state index in [0.29, 0.717) is 17.5 Å². The second-order valence-electron chi connectivity index (χ2n) is 12.1. The third kappa shape index (κ3) is 5.35. The summed E-state index contributed by atoms with van der Waals surface area (Å²) >= 11 is 0. The van der Waals surface area contributed by atoms with Gasteiger partial charge in [0.05, 0.1) is 5.52 Å². The number of hydrogen-bond donors (Lipinski definition) is 0. The second kappa shape index (κ2) is 12.2. The van der Waals surface area contributed by atoms with Crippen LogP contribution < -0.4 is 0 Å². The zero-order valence-electron chi connectivity index (χ0n) is 26.6. The Bertz CT molecular complexity index is 2530. The molecule has 0 atom stereocenters. The number of nitrogens with zero attached hydrogens (tertiary/aromatic N) is 4. The van der Waals surface area contributed by atoms with Gasteiger partial charge in [-0.15, -0.1) is 0 Å². The van der Waals surface area contributed by atoms with Crippen LogP contribution in [0.25, 0.3) is 83.8 Å². The molecule has 0 saturated carbocycles. The topological polar surface area (TPSA) is 43.6 Å². The highest BCUT2D eigenvalue weighted by molar-refractivity contribution is 6.12. The zero-order chi connectivity index (χ0) is 32.6. The van der Waals surface area contributed by atoms with Gasteiger partial charge in [0.15, 0.2) is 17.5 Å². The van der Waals surface area contributed by atoms with Crippen molar-refractivity contribution < 1.29 is 0 Å². The summed E-state index contributed by atoms with van der Waals surface area (Å²) in [6, 6.07) is 61.2. The van der Waals surface area contributed by atoms with Crippen LogP contribution in [-0.4, -0.2) is 19.5 Å². The molecule has 0 saturated heterocycles. The normalized spacial score (nSPS) is 11.3. The number of benzene rings is 7. The summed E-state index contributed by atoms with van der Waals surface area (Å²) in [5.74, 6) is 1.95. The van der Waals surface area contributed by atoms with Crippen molar-refractivity contribution >= 4 is 21.7 Å². The summed E-state index contributed by atoms with van der Waals surface area (Å²) in [5.41, 5.74) is 9.78. The SMILES string of the molecule is c1ccc(-c2nc(-c3ccccc3)nc(-c3cccc(-c4cccc(-c5cn(-c6ccccc6)c6c5ccc5ccccc56)c4)c3)n2)cc1. The number of para-hydroxylation sites is 1. The van der Waals surface area contributed by atoms with Crippen molar-refractivity contribution in [1.82, 2.24) is 19.5 Å². The van der Waals surface area contributed by atoms with Crippen molar-refractivity contribution in [2.75, 3.05) is 0 Å². The Morgan fingerprint density at radius 3 is 1.49 bits per heavy atom. The van der Waals surface area contributed by atoms with Crippen LogP contribution in [0.2, 0.25) is 0 Å². The maximum Gasteiger partial charge on any atom is 0.164 e. The molecule has 0 radical (unpaired) electrons. The van der Waals surface area contributed by atoms with Crippen molar-refractivity contribution in [3.05, 3.63) is 182 Å². The number of rotatable bonds is 6. The van der Waals surface area contributed by atoms with Gasteiger partial charge in [0.25, 0.3) is 0 Å². The highest BCUT2D eigenvalue weighted by Crippen LogP contribution is 2.38. The summed E-state index contributed by atoms with van der Waals surface area (Å²) < 4.78 is 2.33. The van der Waals surface area contributed by atoms with Crippen LogP contribution in [-0.2, 0) is 0 Å². The fraction of sp³-hybridized carbons (Fsp3) is 0. The van der Waals surface area contributed by atoms with Gasteiger partial charge in [-0.1, -0.05) is 152 Å².